The molecule has 0 spiro atoms. The fourth-order valence-corrected chi connectivity index (χ4v) is 2.94. The van der Waals surface area contributed by atoms with Crippen LogP contribution < -0.4 is 5.32 Å². The number of nitrogens with one attached hydrogen (secondary N) is 1. The topological polar surface area (TPSA) is 101 Å². The minimum Gasteiger partial charge on any atom is -0.394 e. The van der Waals surface area contributed by atoms with Gasteiger partial charge in [-0.3, -0.25) is 10.1 Å². The summed E-state index contributed by atoms with van der Waals surface area (Å²) in [6.07, 6.45) is 3.39. The van der Waals surface area contributed by atoms with Gasteiger partial charge in [0.1, 0.15) is 5.69 Å². The maximum Gasteiger partial charge on any atom is 0.332 e. The van der Waals surface area contributed by atoms with Crippen LogP contribution >= 0.6 is 11.6 Å². The Morgan fingerprint density at radius 2 is 2.10 bits per heavy atom. The van der Waals surface area contributed by atoms with Crippen LogP contribution in [0.2, 0.25) is 5.28 Å². The zero-order chi connectivity index (χ0) is 15.6. The van der Waals surface area contributed by atoms with Crippen molar-refractivity contribution in [3.8, 4) is 0 Å². The number of aromatic nitrogens is 2. The van der Waals surface area contributed by atoms with Gasteiger partial charge in [0.15, 0.2) is 0 Å². The predicted octanol–water partition coefficient (Wildman–Crippen LogP) is 2.70. The molecule has 0 saturated heterocycles. The summed E-state index contributed by atoms with van der Waals surface area (Å²) >= 11 is 5.81. The number of halogens is 1. The zero-order valence-electron chi connectivity index (χ0n) is 12.1. The molecule has 2 rings (SSSR count). The molecule has 0 amide bonds. The van der Waals surface area contributed by atoms with Crippen molar-refractivity contribution in [3.05, 3.63) is 21.1 Å². The second-order valence-corrected chi connectivity index (χ2v) is 6.12. The van der Waals surface area contributed by atoms with Crippen LogP contribution in [-0.4, -0.2) is 32.1 Å². The van der Waals surface area contributed by atoms with E-state index in [0.717, 1.165) is 25.7 Å². The number of hydrogen-bond donors (Lipinski definition) is 2. The molecule has 116 valence electrons. The summed E-state index contributed by atoms with van der Waals surface area (Å²) in [5, 5.41) is 24.0. The van der Waals surface area contributed by atoms with Gasteiger partial charge in [-0.25, -0.2) is 4.98 Å². The first-order valence-corrected chi connectivity index (χ1v) is 7.32. The molecule has 0 aromatic carbocycles. The van der Waals surface area contributed by atoms with Crippen LogP contribution in [-0.2, 0) is 0 Å². The van der Waals surface area contributed by atoms with Gasteiger partial charge in [0, 0.05) is 0 Å². The number of nitrogens with zero attached hydrogens (tertiary/aromatic N) is 3. The summed E-state index contributed by atoms with van der Waals surface area (Å²) in [6.45, 7) is 3.58. The predicted molar refractivity (Wildman–Crippen MR) is 79.5 cm³/mol. The quantitative estimate of drug-likeness (QED) is 0.503. The van der Waals surface area contributed by atoms with Crippen LogP contribution in [0.1, 0.15) is 38.3 Å². The van der Waals surface area contributed by atoms with E-state index in [1.165, 1.54) is 6.92 Å². The molecule has 8 heteroatoms. The van der Waals surface area contributed by atoms with Gasteiger partial charge in [-0.1, -0.05) is 6.92 Å². The summed E-state index contributed by atoms with van der Waals surface area (Å²) in [5.41, 5.74) is -0.563. The molecule has 0 bridgehead atoms. The Hall–Kier alpha value is -1.47. The van der Waals surface area contributed by atoms with Gasteiger partial charge in [0.05, 0.1) is 17.1 Å². The highest BCUT2D eigenvalue weighted by atomic mass is 35.5. The molecule has 2 N–H and O–H groups in total. The van der Waals surface area contributed by atoms with Gasteiger partial charge >= 0.3 is 5.69 Å². The Morgan fingerprint density at radius 1 is 1.48 bits per heavy atom. The van der Waals surface area contributed by atoms with Crippen LogP contribution in [0.5, 0.6) is 0 Å². The van der Waals surface area contributed by atoms with Crippen molar-refractivity contribution in [2.75, 3.05) is 11.9 Å². The van der Waals surface area contributed by atoms with E-state index in [0.29, 0.717) is 5.92 Å². The van der Waals surface area contributed by atoms with Crippen molar-refractivity contribution in [1.29, 1.82) is 0 Å². The highest BCUT2D eigenvalue weighted by Gasteiger charge is 2.36. The molecule has 0 unspecified atom stereocenters. The van der Waals surface area contributed by atoms with E-state index in [2.05, 4.69) is 22.2 Å². The van der Waals surface area contributed by atoms with E-state index in [9.17, 15) is 15.2 Å². The summed E-state index contributed by atoms with van der Waals surface area (Å²) < 4.78 is 0. The molecule has 21 heavy (non-hydrogen) atoms. The van der Waals surface area contributed by atoms with Crippen LogP contribution in [0.15, 0.2) is 0 Å². The second-order valence-electron chi connectivity index (χ2n) is 5.78. The van der Waals surface area contributed by atoms with E-state index >= 15 is 0 Å². The minimum absolute atomic E-state index is 0.0436. The lowest BCUT2D eigenvalue weighted by Gasteiger charge is -2.39. The van der Waals surface area contributed by atoms with Crippen LogP contribution in [0.3, 0.4) is 0 Å². The third kappa shape index (κ3) is 3.41. The van der Waals surface area contributed by atoms with E-state index in [1.807, 2.05) is 0 Å². The number of nitro groups is 1. The lowest BCUT2D eigenvalue weighted by atomic mass is 9.77. The third-order valence-electron chi connectivity index (χ3n) is 4.13. The minimum atomic E-state index is -0.582. The average Bonchev–Trinajstić information content (AvgIpc) is 2.40. The average molecular weight is 315 g/mol. The van der Waals surface area contributed by atoms with Gasteiger partial charge in [0.25, 0.3) is 0 Å². The van der Waals surface area contributed by atoms with Gasteiger partial charge in [-0.2, -0.15) is 4.98 Å². The fourth-order valence-electron chi connectivity index (χ4n) is 2.73. The van der Waals surface area contributed by atoms with E-state index in [4.69, 9.17) is 11.6 Å². The maximum atomic E-state index is 11.2. The first kappa shape index (κ1) is 15.9. The molecule has 0 radical (unpaired) electrons. The molecule has 1 aromatic rings. The Kier molecular flexibility index (Phi) is 4.63. The van der Waals surface area contributed by atoms with Crippen molar-refractivity contribution in [2.45, 2.75) is 45.1 Å². The Bertz CT molecular complexity index is 544. The monoisotopic (exact) mass is 314 g/mol. The lowest BCUT2D eigenvalue weighted by molar-refractivity contribution is -0.385. The SMILES string of the molecule is Cc1nc(Cl)nc(NC2(CO)CCC(C)CC2)c1[N+](=O)[O-]. The summed E-state index contributed by atoms with van der Waals surface area (Å²) in [6, 6.07) is 0. The molecule has 1 aromatic heterocycles. The maximum absolute atomic E-state index is 11.2. The van der Waals surface area contributed by atoms with Crippen molar-refractivity contribution >= 4 is 23.1 Å². The zero-order valence-corrected chi connectivity index (χ0v) is 12.9. The van der Waals surface area contributed by atoms with Crippen LogP contribution in [0.4, 0.5) is 11.5 Å². The highest BCUT2D eigenvalue weighted by molar-refractivity contribution is 6.28. The Morgan fingerprint density at radius 3 is 2.62 bits per heavy atom. The number of anilines is 1. The van der Waals surface area contributed by atoms with E-state index in [1.54, 1.807) is 0 Å². The molecular weight excluding hydrogens is 296 g/mol. The van der Waals surface area contributed by atoms with Gasteiger partial charge in [-0.15, -0.1) is 0 Å². The smallest absolute Gasteiger partial charge is 0.332 e. The van der Waals surface area contributed by atoms with Crippen molar-refractivity contribution in [2.24, 2.45) is 5.92 Å². The first-order valence-electron chi connectivity index (χ1n) is 6.94. The van der Waals surface area contributed by atoms with E-state index < -0.39 is 10.5 Å². The fraction of sp³-hybridized carbons (Fsp3) is 0.692. The molecule has 1 aliphatic rings. The molecule has 7 nitrogen and oxygen atoms in total. The van der Waals surface area contributed by atoms with Crippen molar-refractivity contribution in [3.63, 3.8) is 0 Å². The number of aryl methyl sites for hydroxylation is 1. The number of aliphatic hydroxyl groups is 1. The normalized spacial score (nSPS) is 25.6. The Balaban J connectivity index is 2.35. The van der Waals surface area contributed by atoms with Gasteiger partial charge in [0.2, 0.25) is 11.1 Å². The van der Waals surface area contributed by atoms with Gasteiger partial charge < -0.3 is 10.4 Å². The largest absolute Gasteiger partial charge is 0.394 e. The molecular formula is C13H19ClN4O3. The van der Waals surface area contributed by atoms with Gasteiger partial charge in [-0.05, 0) is 50.1 Å². The number of hydrogen-bond acceptors (Lipinski definition) is 6. The van der Waals surface area contributed by atoms with Crippen LogP contribution in [0, 0.1) is 23.0 Å². The molecule has 1 fully saturated rings. The summed E-state index contributed by atoms with van der Waals surface area (Å²) in [7, 11) is 0. The molecule has 0 aliphatic heterocycles. The molecule has 1 heterocycles. The standard InChI is InChI=1S/C13H19ClN4O3/c1-8-3-5-13(7-19,6-4-8)17-11-10(18(20)21)9(2)15-12(14)16-11/h8,19H,3-7H2,1-2H3,(H,15,16,17). The molecule has 1 saturated carbocycles. The van der Waals surface area contributed by atoms with Crippen molar-refractivity contribution < 1.29 is 10.0 Å². The molecule has 0 atom stereocenters. The number of rotatable bonds is 4. The number of aliphatic hydroxyl groups excluding tert-OH is 1. The van der Waals surface area contributed by atoms with Crippen molar-refractivity contribution in [1.82, 2.24) is 9.97 Å². The summed E-state index contributed by atoms with van der Waals surface area (Å²) in [5.74, 6) is 0.679. The highest BCUT2D eigenvalue weighted by Crippen LogP contribution is 2.37. The molecule has 1 aliphatic carbocycles. The second kappa shape index (κ2) is 6.11. The Labute approximate surface area is 127 Å². The van der Waals surface area contributed by atoms with E-state index in [-0.39, 0.29) is 29.1 Å². The van der Waals surface area contributed by atoms with Crippen LogP contribution in [0.25, 0.3) is 0 Å². The lowest BCUT2D eigenvalue weighted by Crippen LogP contribution is -2.45. The summed E-state index contributed by atoms with van der Waals surface area (Å²) in [4.78, 5) is 18.5. The third-order valence-corrected chi connectivity index (χ3v) is 4.30. The first-order chi connectivity index (χ1) is 9.87.